The Morgan fingerprint density at radius 1 is 1.24 bits per heavy atom. The summed E-state index contributed by atoms with van der Waals surface area (Å²) in [5.41, 5.74) is 1.79. The third-order valence-electron chi connectivity index (χ3n) is 5.45. The number of ether oxygens (including phenoxy) is 1. The first-order chi connectivity index (χ1) is 13.9. The van der Waals surface area contributed by atoms with E-state index in [4.69, 9.17) is 14.2 Å². The minimum Gasteiger partial charge on any atom is -0.382 e. The number of nitrogens with zero attached hydrogens (tertiary/aromatic N) is 1. The summed E-state index contributed by atoms with van der Waals surface area (Å²) < 4.78 is 36.4. The Hall–Kier alpha value is -2.63. The van der Waals surface area contributed by atoms with Gasteiger partial charge in [0.15, 0.2) is 0 Å². The first kappa shape index (κ1) is 19.7. The third kappa shape index (κ3) is 3.93. The number of hydrogen-bond donors (Lipinski definition) is 1. The number of Topliss-reactive ketones (excluding diaryl/α,β-unsaturated/α-hetero) is 1. The fraction of sp³-hybridized carbons (Fsp3) is 0.429. The molecule has 1 saturated carbocycles. The van der Waals surface area contributed by atoms with Crippen molar-refractivity contribution < 1.29 is 22.1 Å². The van der Waals surface area contributed by atoms with Gasteiger partial charge >= 0.3 is 10.1 Å². The minimum absolute atomic E-state index is 0.0533. The van der Waals surface area contributed by atoms with Crippen LogP contribution in [-0.4, -0.2) is 37.6 Å². The van der Waals surface area contributed by atoms with E-state index < -0.39 is 21.2 Å². The summed E-state index contributed by atoms with van der Waals surface area (Å²) in [5, 5.41) is 9.32. The minimum atomic E-state index is -3.78. The molecule has 1 aliphatic carbocycles. The standard InChI is InChI=1S/C21H22N2O5S/c1-2-13(12-22)21(24)19-10-15-9-17(14-3-4-14)20(11-18(15)23-19)28-29(25,26)16-5-7-27-8-6-16/h2,9-11,14,16,23H,3-8H2,1H3/b13-2+. The quantitative estimate of drug-likeness (QED) is 0.335. The SMILES string of the molecule is C/C=C(\C#N)C(=O)c1cc2cc(C3CC3)c(OS(=O)(=O)C3CCOCC3)cc2[nH]1. The van der Waals surface area contributed by atoms with E-state index in [2.05, 4.69) is 4.98 Å². The van der Waals surface area contributed by atoms with Crippen molar-refractivity contribution in [2.75, 3.05) is 13.2 Å². The molecule has 0 bridgehead atoms. The second-order valence-corrected chi connectivity index (χ2v) is 9.28. The van der Waals surface area contributed by atoms with Crippen LogP contribution in [0.3, 0.4) is 0 Å². The van der Waals surface area contributed by atoms with Gasteiger partial charge in [0.1, 0.15) is 17.1 Å². The number of allylic oxidation sites excluding steroid dienone is 2. The molecule has 0 radical (unpaired) electrons. The maximum atomic E-state index is 12.8. The summed E-state index contributed by atoms with van der Waals surface area (Å²) in [6.07, 6.45) is 4.27. The van der Waals surface area contributed by atoms with Gasteiger partial charge in [0.25, 0.3) is 0 Å². The molecule has 0 amide bonds. The molecule has 1 saturated heterocycles. The molecule has 2 heterocycles. The second kappa shape index (κ2) is 7.65. The van der Waals surface area contributed by atoms with Crippen LogP contribution < -0.4 is 4.18 Å². The highest BCUT2D eigenvalue weighted by molar-refractivity contribution is 7.87. The Bertz CT molecular complexity index is 1130. The molecular formula is C21H22N2O5S. The van der Waals surface area contributed by atoms with Crippen molar-refractivity contribution in [2.45, 2.75) is 43.8 Å². The van der Waals surface area contributed by atoms with Gasteiger partial charge in [-0.25, -0.2) is 0 Å². The zero-order valence-electron chi connectivity index (χ0n) is 16.1. The molecule has 0 spiro atoms. The molecule has 1 N–H and O–H groups in total. The summed E-state index contributed by atoms with van der Waals surface area (Å²) in [5.74, 6) is 0.189. The Morgan fingerprint density at radius 2 is 1.97 bits per heavy atom. The number of aromatic nitrogens is 1. The molecular weight excluding hydrogens is 392 g/mol. The van der Waals surface area contributed by atoms with Gasteiger partial charge in [-0.15, -0.1) is 0 Å². The highest BCUT2D eigenvalue weighted by atomic mass is 32.2. The maximum Gasteiger partial charge on any atom is 0.312 e. The van der Waals surface area contributed by atoms with Crippen LogP contribution in [0.2, 0.25) is 0 Å². The van der Waals surface area contributed by atoms with E-state index in [0.29, 0.717) is 43.0 Å². The van der Waals surface area contributed by atoms with Gasteiger partial charge in [-0.2, -0.15) is 13.7 Å². The van der Waals surface area contributed by atoms with E-state index in [-0.39, 0.29) is 11.5 Å². The topological polar surface area (TPSA) is 109 Å². The smallest absolute Gasteiger partial charge is 0.312 e. The lowest BCUT2D eigenvalue weighted by Gasteiger charge is -2.22. The molecule has 4 rings (SSSR count). The summed E-state index contributed by atoms with van der Waals surface area (Å²) in [7, 11) is -3.78. The molecule has 152 valence electrons. The number of nitrogens with one attached hydrogen (secondary N) is 1. The summed E-state index contributed by atoms with van der Waals surface area (Å²) in [4.78, 5) is 15.5. The van der Waals surface area contributed by atoms with Gasteiger partial charge in [0.2, 0.25) is 5.78 Å². The van der Waals surface area contributed by atoms with Gasteiger partial charge in [0, 0.05) is 30.2 Å². The second-order valence-electron chi connectivity index (χ2n) is 7.47. The average Bonchev–Trinajstić information content (AvgIpc) is 3.48. The van der Waals surface area contributed by atoms with Gasteiger partial charge in [-0.3, -0.25) is 4.79 Å². The lowest BCUT2D eigenvalue weighted by Crippen LogP contribution is -2.32. The fourth-order valence-corrected chi connectivity index (χ4v) is 4.94. The van der Waals surface area contributed by atoms with Crippen molar-refractivity contribution >= 4 is 26.8 Å². The molecule has 1 aliphatic heterocycles. The summed E-state index contributed by atoms with van der Waals surface area (Å²) >= 11 is 0. The van der Waals surface area contributed by atoms with Crippen LogP contribution in [0.15, 0.2) is 29.8 Å². The molecule has 2 fully saturated rings. The normalized spacial score (nSPS) is 18.6. The zero-order valence-corrected chi connectivity index (χ0v) is 16.9. The highest BCUT2D eigenvalue weighted by Crippen LogP contribution is 2.46. The summed E-state index contributed by atoms with van der Waals surface area (Å²) in [6, 6.07) is 7.12. The van der Waals surface area contributed by atoms with Gasteiger partial charge in [-0.05, 0) is 56.2 Å². The number of nitriles is 1. The van der Waals surface area contributed by atoms with Crippen LogP contribution >= 0.6 is 0 Å². The van der Waals surface area contributed by atoms with Crippen molar-refractivity contribution in [3.8, 4) is 11.8 Å². The van der Waals surface area contributed by atoms with Crippen molar-refractivity contribution in [1.29, 1.82) is 5.26 Å². The number of aromatic amines is 1. The van der Waals surface area contributed by atoms with Gasteiger partial charge in [-0.1, -0.05) is 6.08 Å². The first-order valence-corrected chi connectivity index (χ1v) is 11.2. The Labute approximate surface area is 169 Å². The van der Waals surface area contributed by atoms with Crippen molar-refractivity contribution in [2.24, 2.45) is 0 Å². The van der Waals surface area contributed by atoms with Gasteiger partial charge < -0.3 is 13.9 Å². The fourth-order valence-electron chi connectivity index (χ4n) is 3.64. The number of carbonyl (C=O) groups excluding carboxylic acids is 1. The van der Waals surface area contributed by atoms with Crippen molar-refractivity contribution in [3.63, 3.8) is 0 Å². The number of H-pyrrole nitrogens is 1. The molecule has 0 atom stereocenters. The number of fused-ring (bicyclic) bond motifs is 1. The Morgan fingerprint density at radius 3 is 2.59 bits per heavy atom. The van der Waals surface area contributed by atoms with E-state index in [1.54, 1.807) is 19.1 Å². The number of carbonyl (C=O) groups is 1. The Balaban J connectivity index is 1.71. The van der Waals surface area contributed by atoms with Crippen LogP contribution in [-0.2, 0) is 14.9 Å². The molecule has 8 heteroatoms. The van der Waals surface area contributed by atoms with E-state index in [0.717, 1.165) is 23.8 Å². The van der Waals surface area contributed by atoms with Crippen LogP contribution in [0.25, 0.3) is 10.9 Å². The monoisotopic (exact) mass is 414 g/mol. The van der Waals surface area contributed by atoms with E-state index in [1.807, 2.05) is 12.1 Å². The molecule has 2 aromatic rings. The van der Waals surface area contributed by atoms with E-state index >= 15 is 0 Å². The van der Waals surface area contributed by atoms with Crippen molar-refractivity contribution in [1.82, 2.24) is 4.98 Å². The number of benzene rings is 1. The van der Waals surface area contributed by atoms with E-state index in [1.165, 1.54) is 6.08 Å². The molecule has 7 nitrogen and oxygen atoms in total. The molecule has 0 unspecified atom stereocenters. The molecule has 1 aromatic heterocycles. The highest BCUT2D eigenvalue weighted by Gasteiger charge is 2.33. The lowest BCUT2D eigenvalue weighted by molar-refractivity contribution is 0.0971. The first-order valence-electron chi connectivity index (χ1n) is 9.71. The number of hydrogen-bond acceptors (Lipinski definition) is 6. The number of ketones is 1. The van der Waals surface area contributed by atoms with Crippen LogP contribution in [0, 0.1) is 11.3 Å². The zero-order chi connectivity index (χ0) is 20.6. The predicted octanol–water partition coefficient (Wildman–Crippen LogP) is 3.59. The van der Waals surface area contributed by atoms with Crippen molar-refractivity contribution in [3.05, 3.63) is 41.1 Å². The third-order valence-corrected chi connectivity index (χ3v) is 7.15. The van der Waals surface area contributed by atoms with Crippen LogP contribution in [0.1, 0.15) is 54.6 Å². The number of rotatable bonds is 6. The average molecular weight is 414 g/mol. The molecule has 1 aromatic carbocycles. The summed E-state index contributed by atoms with van der Waals surface area (Å²) in [6.45, 7) is 2.46. The Kier molecular flexibility index (Phi) is 5.19. The van der Waals surface area contributed by atoms with Crippen LogP contribution in [0.4, 0.5) is 0 Å². The maximum absolute atomic E-state index is 12.8. The largest absolute Gasteiger partial charge is 0.382 e. The molecule has 2 aliphatic rings. The molecule has 29 heavy (non-hydrogen) atoms. The van der Waals surface area contributed by atoms with Gasteiger partial charge in [0.05, 0.1) is 11.3 Å². The van der Waals surface area contributed by atoms with Crippen LogP contribution in [0.5, 0.6) is 5.75 Å². The lowest BCUT2D eigenvalue weighted by atomic mass is 10.1. The van der Waals surface area contributed by atoms with E-state index in [9.17, 15) is 13.2 Å². The predicted molar refractivity (Wildman–Crippen MR) is 107 cm³/mol.